The molecule has 0 amide bonds. The zero-order valence-corrected chi connectivity index (χ0v) is 11.6. The third-order valence-electron chi connectivity index (χ3n) is 2.27. The molecule has 0 bridgehead atoms. The Morgan fingerprint density at radius 1 is 1.16 bits per heavy atom. The van der Waals surface area contributed by atoms with Crippen molar-refractivity contribution in [3.8, 4) is 0 Å². The number of carbonyl (C=O) groups is 2. The molecular formula is C12H14O6S. The minimum Gasteiger partial charge on any atom is -0.391 e. The highest BCUT2D eigenvalue weighted by Crippen LogP contribution is 2.28. The molecule has 1 atom stereocenters. The number of carbonyl (C=O) groups excluding carboxylic acids is 2. The number of benzene rings is 1. The summed E-state index contributed by atoms with van der Waals surface area (Å²) in [6, 6.07) is 7.93. The minimum atomic E-state index is -3.92. The van der Waals surface area contributed by atoms with Gasteiger partial charge in [-0.3, -0.25) is 4.79 Å². The molecule has 0 saturated carbocycles. The Balaban J connectivity index is 3.25. The lowest BCUT2D eigenvalue weighted by Crippen LogP contribution is -2.39. The van der Waals surface area contributed by atoms with E-state index in [0.29, 0.717) is 0 Å². The molecule has 0 radical (unpaired) electrons. The van der Waals surface area contributed by atoms with Gasteiger partial charge in [0.2, 0.25) is 5.60 Å². The summed E-state index contributed by atoms with van der Waals surface area (Å²) in [5.41, 5.74) is -1.63. The largest absolute Gasteiger partial charge is 0.391 e. The molecule has 0 aliphatic rings. The second kappa shape index (κ2) is 5.50. The maximum absolute atomic E-state index is 11.9. The summed E-state index contributed by atoms with van der Waals surface area (Å²) in [6.45, 7) is 2.28. The number of ether oxygens (including phenoxy) is 1. The quantitative estimate of drug-likeness (QED) is 0.465. The number of rotatable bonds is 4. The average molecular weight is 286 g/mol. The fourth-order valence-electron chi connectivity index (χ4n) is 1.49. The molecule has 0 saturated heterocycles. The fraction of sp³-hybridized carbons (Fsp3) is 0.333. The van der Waals surface area contributed by atoms with Crippen molar-refractivity contribution in [3.63, 3.8) is 0 Å². The van der Waals surface area contributed by atoms with Crippen molar-refractivity contribution in [1.29, 1.82) is 0 Å². The van der Waals surface area contributed by atoms with E-state index in [2.05, 4.69) is 4.74 Å². The van der Waals surface area contributed by atoms with E-state index >= 15 is 0 Å². The summed E-state index contributed by atoms with van der Waals surface area (Å²) in [5.74, 6) is -1.93. The van der Waals surface area contributed by atoms with Gasteiger partial charge in [-0.05, 0) is 12.5 Å². The van der Waals surface area contributed by atoms with Crippen LogP contribution in [0.1, 0.15) is 19.4 Å². The summed E-state index contributed by atoms with van der Waals surface area (Å²) in [6.07, 6.45) is 0.815. The first kappa shape index (κ1) is 15.3. The summed E-state index contributed by atoms with van der Waals surface area (Å²) in [4.78, 5) is 22.8. The normalized spacial score (nSPS) is 14.5. The average Bonchev–Trinajstić information content (AvgIpc) is 2.27. The highest BCUT2D eigenvalue weighted by Gasteiger charge is 2.42. The van der Waals surface area contributed by atoms with Gasteiger partial charge >= 0.3 is 11.9 Å². The van der Waals surface area contributed by atoms with Crippen LogP contribution in [0.4, 0.5) is 0 Å². The molecule has 0 aliphatic heterocycles. The Morgan fingerprint density at radius 3 is 2.11 bits per heavy atom. The molecule has 1 rings (SSSR count). The lowest BCUT2D eigenvalue weighted by atomic mass is 9.96. The molecule has 19 heavy (non-hydrogen) atoms. The van der Waals surface area contributed by atoms with E-state index in [0.717, 1.165) is 13.2 Å². The van der Waals surface area contributed by atoms with Gasteiger partial charge < -0.3 is 4.74 Å². The lowest BCUT2D eigenvalue weighted by Gasteiger charge is -2.25. The van der Waals surface area contributed by atoms with E-state index in [4.69, 9.17) is 4.18 Å². The Morgan fingerprint density at radius 2 is 1.68 bits per heavy atom. The van der Waals surface area contributed by atoms with E-state index in [9.17, 15) is 18.0 Å². The predicted octanol–water partition coefficient (Wildman–Crippen LogP) is 0.968. The molecule has 0 spiro atoms. The van der Waals surface area contributed by atoms with Gasteiger partial charge in [0.1, 0.15) is 0 Å². The molecule has 1 unspecified atom stereocenters. The second-order valence-electron chi connectivity index (χ2n) is 4.07. The van der Waals surface area contributed by atoms with Crippen molar-refractivity contribution in [3.05, 3.63) is 35.9 Å². The summed E-state index contributed by atoms with van der Waals surface area (Å²) >= 11 is 0. The van der Waals surface area contributed by atoms with E-state index < -0.39 is 27.7 Å². The van der Waals surface area contributed by atoms with Crippen molar-refractivity contribution in [2.24, 2.45) is 0 Å². The molecular weight excluding hydrogens is 272 g/mol. The molecule has 6 nitrogen and oxygen atoms in total. The van der Waals surface area contributed by atoms with E-state index in [1.54, 1.807) is 18.2 Å². The van der Waals surface area contributed by atoms with Gasteiger partial charge in [0.15, 0.2) is 0 Å². The molecule has 7 heteroatoms. The topological polar surface area (TPSA) is 86.7 Å². The zero-order valence-electron chi connectivity index (χ0n) is 10.7. The molecule has 104 valence electrons. The lowest BCUT2D eigenvalue weighted by molar-refractivity contribution is -0.170. The van der Waals surface area contributed by atoms with Crippen LogP contribution in [0, 0.1) is 0 Å². The molecule has 1 aromatic rings. The third-order valence-corrected chi connectivity index (χ3v) is 2.90. The number of esters is 2. The monoisotopic (exact) mass is 286 g/mol. The van der Waals surface area contributed by atoms with Gasteiger partial charge in [0, 0.05) is 6.92 Å². The number of hydrogen-bond donors (Lipinski definition) is 0. The van der Waals surface area contributed by atoms with Gasteiger partial charge in [-0.25, -0.2) is 8.98 Å². The molecule has 0 fully saturated rings. The maximum Gasteiger partial charge on any atom is 0.352 e. The Kier molecular flexibility index (Phi) is 4.43. The van der Waals surface area contributed by atoms with Crippen LogP contribution in [-0.4, -0.2) is 26.6 Å². The first-order chi connectivity index (χ1) is 8.65. The Bertz CT molecular complexity index is 577. The van der Waals surface area contributed by atoms with E-state index in [1.165, 1.54) is 19.1 Å². The van der Waals surface area contributed by atoms with Crippen molar-refractivity contribution < 1.29 is 26.9 Å². The predicted molar refractivity (Wildman–Crippen MR) is 66.5 cm³/mol. The van der Waals surface area contributed by atoms with Crippen LogP contribution in [0.5, 0.6) is 0 Å². The van der Waals surface area contributed by atoms with Gasteiger partial charge in [0.25, 0.3) is 10.1 Å². The van der Waals surface area contributed by atoms with Gasteiger partial charge in [-0.1, -0.05) is 30.3 Å². The zero-order chi connectivity index (χ0) is 14.7. The van der Waals surface area contributed by atoms with Crippen LogP contribution in [0.3, 0.4) is 0 Å². The standard InChI is InChI=1S/C12H14O6S/c1-9(13)17-11(14)12(2,18-19(3,15)16)10-7-5-4-6-8-10/h4-8H,1-3H3. The SMILES string of the molecule is CC(=O)OC(=O)C(C)(OS(C)(=O)=O)c1ccccc1. The van der Waals surface area contributed by atoms with Crippen LogP contribution in [0.15, 0.2) is 30.3 Å². The minimum absolute atomic E-state index is 0.270. The van der Waals surface area contributed by atoms with Crippen molar-refractivity contribution in [2.75, 3.05) is 6.26 Å². The van der Waals surface area contributed by atoms with Crippen LogP contribution in [0.25, 0.3) is 0 Å². The van der Waals surface area contributed by atoms with Crippen molar-refractivity contribution in [2.45, 2.75) is 19.4 Å². The van der Waals surface area contributed by atoms with Crippen LogP contribution < -0.4 is 0 Å². The van der Waals surface area contributed by atoms with Crippen molar-refractivity contribution >= 4 is 22.1 Å². The van der Waals surface area contributed by atoms with Gasteiger partial charge in [0.05, 0.1) is 6.26 Å². The van der Waals surface area contributed by atoms with E-state index in [-0.39, 0.29) is 5.56 Å². The second-order valence-corrected chi connectivity index (χ2v) is 5.64. The molecule has 1 aromatic carbocycles. The summed E-state index contributed by atoms with van der Waals surface area (Å²) < 4.78 is 31.9. The maximum atomic E-state index is 11.9. The highest BCUT2D eigenvalue weighted by molar-refractivity contribution is 7.86. The van der Waals surface area contributed by atoms with E-state index in [1.807, 2.05) is 0 Å². The first-order valence-corrected chi connectivity index (χ1v) is 7.16. The highest BCUT2D eigenvalue weighted by atomic mass is 32.2. The van der Waals surface area contributed by atoms with Crippen LogP contribution in [0.2, 0.25) is 0 Å². The molecule has 0 N–H and O–H groups in total. The van der Waals surface area contributed by atoms with Crippen molar-refractivity contribution in [1.82, 2.24) is 0 Å². The fourth-order valence-corrected chi connectivity index (χ4v) is 2.26. The van der Waals surface area contributed by atoms with Crippen LogP contribution in [-0.2, 0) is 34.2 Å². The first-order valence-electron chi connectivity index (χ1n) is 5.34. The van der Waals surface area contributed by atoms with Gasteiger partial charge in [-0.2, -0.15) is 8.42 Å². The smallest absolute Gasteiger partial charge is 0.352 e. The summed E-state index contributed by atoms with van der Waals surface area (Å²) in [7, 11) is -3.92. The molecule has 0 aromatic heterocycles. The molecule has 0 heterocycles. The summed E-state index contributed by atoms with van der Waals surface area (Å²) in [5, 5.41) is 0. The van der Waals surface area contributed by atoms with Crippen LogP contribution >= 0.6 is 0 Å². The third kappa shape index (κ3) is 4.15. The Labute approximate surface area is 111 Å². The molecule has 0 aliphatic carbocycles. The number of hydrogen-bond acceptors (Lipinski definition) is 6. The van der Waals surface area contributed by atoms with Gasteiger partial charge in [-0.15, -0.1) is 0 Å². The Hall–Kier alpha value is -1.73.